The van der Waals surface area contributed by atoms with Crippen molar-refractivity contribution in [2.24, 2.45) is 0 Å². The maximum atomic E-state index is 13.3. The van der Waals surface area contributed by atoms with Crippen LogP contribution in [0.15, 0.2) is 88.6 Å². The fraction of sp³-hybridized carbons (Fsp3) is 0.208. The lowest BCUT2D eigenvalue weighted by Gasteiger charge is -2.33. The Morgan fingerprint density at radius 3 is 2.64 bits per heavy atom. The molecule has 1 aliphatic heterocycles. The van der Waals surface area contributed by atoms with E-state index < -0.39 is 5.60 Å². The number of pyridine rings is 1. The molecule has 0 fully saturated rings. The molecule has 0 radical (unpaired) electrons. The molecule has 140 valence electrons. The molecule has 1 aromatic heterocycles. The highest BCUT2D eigenvalue weighted by Gasteiger charge is 2.31. The van der Waals surface area contributed by atoms with Gasteiger partial charge in [0.25, 0.3) is 5.56 Å². The summed E-state index contributed by atoms with van der Waals surface area (Å²) in [6.45, 7) is 4.42. The van der Waals surface area contributed by atoms with E-state index in [9.17, 15) is 9.59 Å². The maximum Gasteiger partial charge on any atom is 0.258 e. The first-order valence-electron chi connectivity index (χ1n) is 9.28. The molecule has 0 saturated heterocycles. The molecule has 0 atom stereocenters. The minimum atomic E-state index is -0.548. The molecule has 0 unspecified atom stereocenters. The third kappa shape index (κ3) is 3.42. The zero-order chi connectivity index (χ0) is 19.7. The van der Waals surface area contributed by atoms with E-state index >= 15 is 0 Å². The zero-order valence-corrected chi connectivity index (χ0v) is 15.9. The summed E-state index contributed by atoms with van der Waals surface area (Å²) in [5.74, 6) is 2.68. The van der Waals surface area contributed by atoms with E-state index in [-0.39, 0.29) is 5.56 Å². The van der Waals surface area contributed by atoms with Crippen molar-refractivity contribution in [3.05, 3.63) is 105 Å². The van der Waals surface area contributed by atoms with E-state index in [4.69, 9.17) is 4.74 Å². The van der Waals surface area contributed by atoms with Crippen LogP contribution in [0.5, 0.6) is 0 Å². The first-order chi connectivity index (χ1) is 13.5. The Labute approximate surface area is 163 Å². The quantitative estimate of drug-likeness (QED) is 0.765. The molecular weight excluding hydrogens is 350 g/mol. The van der Waals surface area contributed by atoms with Crippen molar-refractivity contribution >= 4 is 11.5 Å². The van der Waals surface area contributed by atoms with Crippen LogP contribution < -0.4 is 5.56 Å². The second-order valence-electron chi connectivity index (χ2n) is 7.58. The van der Waals surface area contributed by atoms with Gasteiger partial charge in [-0.2, -0.15) is 0 Å². The van der Waals surface area contributed by atoms with Crippen LogP contribution in [-0.2, 0) is 16.1 Å². The Morgan fingerprint density at radius 1 is 1.11 bits per heavy atom. The number of nitrogens with zero attached hydrogens (tertiary/aromatic N) is 1. The monoisotopic (exact) mass is 371 g/mol. The van der Waals surface area contributed by atoms with Crippen molar-refractivity contribution in [2.75, 3.05) is 0 Å². The van der Waals surface area contributed by atoms with Gasteiger partial charge in [-0.25, -0.2) is 4.79 Å². The smallest absolute Gasteiger partial charge is 0.258 e. The number of aromatic nitrogens is 1. The van der Waals surface area contributed by atoms with Crippen molar-refractivity contribution in [2.45, 2.75) is 32.4 Å². The summed E-state index contributed by atoms with van der Waals surface area (Å²) in [5.41, 5.74) is 3.30. The topological polar surface area (TPSA) is 48.3 Å². The van der Waals surface area contributed by atoms with E-state index in [1.165, 1.54) is 0 Å². The third-order valence-corrected chi connectivity index (χ3v) is 4.93. The van der Waals surface area contributed by atoms with Crippen LogP contribution in [-0.4, -0.2) is 16.1 Å². The Morgan fingerprint density at radius 2 is 1.89 bits per heavy atom. The number of allylic oxidation sites excluding steroid dienone is 5. The van der Waals surface area contributed by atoms with Gasteiger partial charge in [0, 0.05) is 29.3 Å². The molecule has 0 N–H and O–H groups in total. The highest BCUT2D eigenvalue weighted by molar-refractivity contribution is 5.84. The fourth-order valence-corrected chi connectivity index (χ4v) is 3.64. The predicted molar refractivity (Wildman–Crippen MR) is 109 cm³/mol. The molecular formula is C24H21NO3. The van der Waals surface area contributed by atoms with Crippen LogP contribution in [0.3, 0.4) is 0 Å². The largest absolute Gasteiger partial charge is 0.483 e. The first-order valence-corrected chi connectivity index (χ1v) is 9.28. The lowest BCUT2D eigenvalue weighted by Crippen LogP contribution is -2.29. The first kappa shape index (κ1) is 18.0. The van der Waals surface area contributed by atoms with Crippen molar-refractivity contribution < 1.29 is 9.53 Å². The zero-order valence-electron chi connectivity index (χ0n) is 15.9. The molecule has 1 aliphatic carbocycles. The van der Waals surface area contributed by atoms with Crippen molar-refractivity contribution in [3.63, 3.8) is 0 Å². The molecule has 0 bridgehead atoms. The number of carbonyl (C=O) groups excluding carboxylic acids is 1. The van der Waals surface area contributed by atoms with Gasteiger partial charge in [0.1, 0.15) is 17.3 Å². The van der Waals surface area contributed by atoms with Gasteiger partial charge in [0.05, 0.1) is 6.54 Å². The minimum absolute atomic E-state index is 0.0617. The molecule has 0 saturated carbocycles. The van der Waals surface area contributed by atoms with Gasteiger partial charge in [-0.05, 0) is 55.3 Å². The van der Waals surface area contributed by atoms with Crippen molar-refractivity contribution in [1.82, 2.24) is 4.57 Å². The molecule has 28 heavy (non-hydrogen) atoms. The van der Waals surface area contributed by atoms with E-state index in [0.29, 0.717) is 29.9 Å². The maximum absolute atomic E-state index is 13.3. The summed E-state index contributed by atoms with van der Waals surface area (Å²) >= 11 is 0. The SMILES string of the molecule is CC1(C)C=C(c2cccn(Cc3ccccc3)c2=O)C2=C(C=CC(=C=O)C2)O1. The number of hydrogen-bond donors (Lipinski definition) is 0. The number of rotatable bonds is 3. The summed E-state index contributed by atoms with van der Waals surface area (Å²) in [4.78, 5) is 24.4. The summed E-state index contributed by atoms with van der Waals surface area (Å²) in [5, 5.41) is 0. The van der Waals surface area contributed by atoms with Crippen LogP contribution in [0.2, 0.25) is 0 Å². The third-order valence-electron chi connectivity index (χ3n) is 4.93. The summed E-state index contributed by atoms with van der Waals surface area (Å²) in [6, 6.07) is 13.6. The molecule has 4 heteroatoms. The van der Waals surface area contributed by atoms with Crippen LogP contribution in [0.25, 0.3) is 5.57 Å². The summed E-state index contributed by atoms with van der Waals surface area (Å²) in [6.07, 6.45) is 7.70. The standard InChI is InChI=1S/C24H21NO3/c1-24(2)14-21(20-13-18(16-26)10-11-22(20)28-24)19-9-6-12-25(23(19)27)15-17-7-4-3-5-8-17/h3-12,14H,13,15H2,1-2H3. The minimum Gasteiger partial charge on any atom is -0.483 e. The van der Waals surface area contributed by atoms with Gasteiger partial charge in [-0.15, -0.1) is 0 Å². The van der Waals surface area contributed by atoms with Crippen LogP contribution >= 0.6 is 0 Å². The Balaban J connectivity index is 1.81. The molecule has 2 aliphatic rings. The van der Waals surface area contributed by atoms with Crippen LogP contribution in [0.1, 0.15) is 31.4 Å². The van der Waals surface area contributed by atoms with E-state index in [2.05, 4.69) is 0 Å². The van der Waals surface area contributed by atoms with Crippen LogP contribution in [0, 0.1) is 0 Å². The van der Waals surface area contributed by atoms with Gasteiger partial charge in [-0.1, -0.05) is 30.3 Å². The highest BCUT2D eigenvalue weighted by Crippen LogP contribution is 2.40. The molecule has 0 amide bonds. The van der Waals surface area contributed by atoms with E-state index in [0.717, 1.165) is 16.7 Å². The fourth-order valence-electron chi connectivity index (χ4n) is 3.64. The average molecular weight is 371 g/mol. The van der Waals surface area contributed by atoms with Crippen molar-refractivity contribution in [3.8, 4) is 0 Å². The van der Waals surface area contributed by atoms with Gasteiger partial charge < -0.3 is 9.30 Å². The summed E-state index contributed by atoms with van der Waals surface area (Å²) < 4.78 is 7.76. The normalized spacial score (nSPS) is 17.5. The van der Waals surface area contributed by atoms with Gasteiger partial charge >= 0.3 is 0 Å². The highest BCUT2D eigenvalue weighted by atomic mass is 16.5. The van der Waals surface area contributed by atoms with E-state index in [1.807, 2.05) is 68.3 Å². The van der Waals surface area contributed by atoms with Crippen LogP contribution in [0.4, 0.5) is 0 Å². The molecule has 4 nitrogen and oxygen atoms in total. The molecule has 4 rings (SSSR count). The Hall–Kier alpha value is -3.36. The van der Waals surface area contributed by atoms with Gasteiger partial charge in [0.2, 0.25) is 0 Å². The van der Waals surface area contributed by atoms with Gasteiger partial charge in [0.15, 0.2) is 0 Å². The summed E-state index contributed by atoms with van der Waals surface area (Å²) in [7, 11) is 0. The lowest BCUT2D eigenvalue weighted by molar-refractivity contribution is 0.0816. The molecule has 2 heterocycles. The molecule has 0 spiro atoms. The second-order valence-corrected chi connectivity index (χ2v) is 7.58. The van der Waals surface area contributed by atoms with E-state index in [1.54, 1.807) is 22.9 Å². The Bertz CT molecular complexity index is 1120. The number of hydrogen-bond acceptors (Lipinski definition) is 3. The molecule has 2 aromatic rings. The predicted octanol–water partition coefficient (Wildman–Crippen LogP) is 4.06. The Kier molecular flexibility index (Phi) is 4.50. The number of ether oxygens (including phenoxy) is 1. The number of benzene rings is 1. The second kappa shape index (κ2) is 6.99. The van der Waals surface area contributed by atoms with Gasteiger partial charge in [-0.3, -0.25) is 4.79 Å². The average Bonchev–Trinajstić information content (AvgIpc) is 2.69. The van der Waals surface area contributed by atoms with Crippen molar-refractivity contribution in [1.29, 1.82) is 0 Å². The lowest BCUT2D eigenvalue weighted by atomic mass is 9.85. The molecule has 1 aromatic carbocycles.